The number of methoxy groups -OCH3 is 1. The van der Waals surface area contributed by atoms with Crippen molar-refractivity contribution in [3.63, 3.8) is 0 Å². The molecule has 1 amide bonds. The Bertz CT molecular complexity index is 798. The Kier molecular flexibility index (Phi) is 7.50. The predicted octanol–water partition coefficient (Wildman–Crippen LogP) is 2.47. The summed E-state index contributed by atoms with van der Waals surface area (Å²) in [6.45, 7) is 1.37. The number of hydrogen-bond acceptors (Lipinski definition) is 6. The highest BCUT2D eigenvalue weighted by Gasteiger charge is 2.17. The highest BCUT2D eigenvalue weighted by Crippen LogP contribution is 2.22. The fraction of sp³-hybridized carbons (Fsp3) is 0.450. The maximum Gasteiger partial charge on any atom is 0.244 e. The zero-order chi connectivity index (χ0) is 19.8. The number of ether oxygens (including phenoxy) is 2. The third-order valence-corrected chi connectivity index (χ3v) is 5.69. The molecule has 0 saturated carbocycles. The van der Waals surface area contributed by atoms with Crippen molar-refractivity contribution in [3.8, 4) is 5.75 Å². The molecule has 1 aliphatic rings. The van der Waals surface area contributed by atoms with Crippen LogP contribution in [0.25, 0.3) is 6.08 Å². The Morgan fingerprint density at radius 3 is 2.93 bits per heavy atom. The van der Waals surface area contributed by atoms with E-state index in [0.717, 1.165) is 47.5 Å². The van der Waals surface area contributed by atoms with Crippen molar-refractivity contribution >= 4 is 23.7 Å². The first kappa shape index (κ1) is 20.4. The summed E-state index contributed by atoms with van der Waals surface area (Å²) in [6.07, 6.45) is 6.52. The number of aromatic nitrogens is 3. The first-order valence-corrected chi connectivity index (χ1v) is 10.4. The van der Waals surface area contributed by atoms with Crippen LogP contribution < -0.4 is 10.1 Å². The highest BCUT2D eigenvalue weighted by molar-refractivity contribution is 7.99. The van der Waals surface area contributed by atoms with Crippen molar-refractivity contribution in [2.45, 2.75) is 30.5 Å². The second kappa shape index (κ2) is 10.3. The van der Waals surface area contributed by atoms with Gasteiger partial charge in [0.2, 0.25) is 5.91 Å². The Morgan fingerprint density at radius 2 is 2.21 bits per heavy atom. The Hall–Kier alpha value is -2.32. The van der Waals surface area contributed by atoms with Crippen molar-refractivity contribution < 1.29 is 14.3 Å². The first-order valence-electron chi connectivity index (χ1n) is 9.38. The van der Waals surface area contributed by atoms with E-state index >= 15 is 0 Å². The summed E-state index contributed by atoms with van der Waals surface area (Å²) in [6, 6.07) is 7.52. The lowest BCUT2D eigenvalue weighted by atomic mass is 10.2. The second-order valence-electron chi connectivity index (χ2n) is 6.55. The van der Waals surface area contributed by atoms with Gasteiger partial charge in [0.25, 0.3) is 0 Å². The van der Waals surface area contributed by atoms with E-state index in [1.165, 1.54) is 6.08 Å². The largest absolute Gasteiger partial charge is 0.497 e. The van der Waals surface area contributed by atoms with Crippen LogP contribution in [0.1, 0.15) is 24.2 Å². The minimum atomic E-state index is -0.133. The lowest BCUT2D eigenvalue weighted by molar-refractivity contribution is -0.116. The van der Waals surface area contributed by atoms with Gasteiger partial charge in [-0.25, -0.2) is 0 Å². The normalized spacial score (nSPS) is 16.6. The molecular weight excluding hydrogens is 376 g/mol. The lowest BCUT2D eigenvalue weighted by Crippen LogP contribution is -2.24. The molecule has 8 heteroatoms. The van der Waals surface area contributed by atoms with E-state index in [2.05, 4.69) is 15.5 Å². The number of rotatable bonds is 9. The van der Waals surface area contributed by atoms with Crippen LogP contribution >= 0.6 is 11.8 Å². The molecule has 1 fully saturated rings. The van der Waals surface area contributed by atoms with Crippen LogP contribution in [-0.2, 0) is 23.0 Å². The van der Waals surface area contributed by atoms with Crippen LogP contribution in [0.3, 0.4) is 0 Å². The number of hydrogen-bond donors (Lipinski definition) is 1. The van der Waals surface area contributed by atoms with Crippen LogP contribution in [0.15, 0.2) is 35.5 Å². The molecule has 7 nitrogen and oxygen atoms in total. The third-order valence-electron chi connectivity index (χ3n) is 4.54. The number of nitrogens with one attached hydrogen (secondary N) is 1. The van der Waals surface area contributed by atoms with E-state index in [9.17, 15) is 4.79 Å². The average Bonchev–Trinajstić information content (AvgIpc) is 3.35. The number of carbonyl (C=O) groups excluding carboxylic acids is 1. The Labute approximate surface area is 169 Å². The standard InChI is InChI=1S/C20H26N4O3S/c1-24-18(22-23-20(24)28-14-17-4-3-13-27-17)11-12-21-19(25)10-7-15-5-8-16(26-2)9-6-15/h5-10,17H,3-4,11-14H2,1-2H3,(H,21,25). The third kappa shape index (κ3) is 5.84. The number of nitrogens with zero attached hydrogens (tertiary/aromatic N) is 3. The molecule has 2 aromatic rings. The van der Waals surface area contributed by atoms with Crippen LogP contribution in [0.4, 0.5) is 0 Å². The van der Waals surface area contributed by atoms with Crippen LogP contribution in [0.5, 0.6) is 5.75 Å². The first-order chi connectivity index (χ1) is 13.7. The smallest absolute Gasteiger partial charge is 0.244 e. The van der Waals surface area contributed by atoms with Gasteiger partial charge in [0.05, 0.1) is 13.2 Å². The Morgan fingerprint density at radius 1 is 1.39 bits per heavy atom. The van der Waals surface area contributed by atoms with Gasteiger partial charge >= 0.3 is 0 Å². The van der Waals surface area contributed by atoms with Gasteiger partial charge in [0.1, 0.15) is 11.6 Å². The van der Waals surface area contributed by atoms with Gasteiger partial charge in [-0.05, 0) is 36.6 Å². The van der Waals surface area contributed by atoms with E-state index in [0.29, 0.717) is 19.1 Å². The molecule has 0 aliphatic carbocycles. The fourth-order valence-corrected chi connectivity index (χ4v) is 3.87. The van der Waals surface area contributed by atoms with Crippen molar-refractivity contribution in [1.29, 1.82) is 0 Å². The monoisotopic (exact) mass is 402 g/mol. The van der Waals surface area contributed by atoms with Crippen molar-refractivity contribution in [1.82, 2.24) is 20.1 Å². The summed E-state index contributed by atoms with van der Waals surface area (Å²) in [7, 11) is 3.58. The molecule has 0 bridgehead atoms. The average molecular weight is 403 g/mol. The minimum absolute atomic E-state index is 0.133. The summed E-state index contributed by atoms with van der Waals surface area (Å²) in [5.74, 6) is 2.41. The topological polar surface area (TPSA) is 78.3 Å². The highest BCUT2D eigenvalue weighted by atomic mass is 32.2. The van der Waals surface area contributed by atoms with Crippen molar-refractivity contribution in [2.75, 3.05) is 26.0 Å². The molecule has 1 N–H and O–H groups in total. The van der Waals surface area contributed by atoms with Gasteiger partial charge < -0.3 is 19.4 Å². The van der Waals surface area contributed by atoms with Crippen LogP contribution in [0, 0.1) is 0 Å². The predicted molar refractivity (Wildman–Crippen MR) is 109 cm³/mol. The zero-order valence-electron chi connectivity index (χ0n) is 16.3. The number of benzene rings is 1. The molecule has 0 radical (unpaired) electrons. The molecule has 1 unspecified atom stereocenters. The van der Waals surface area contributed by atoms with Gasteiger partial charge in [-0.2, -0.15) is 0 Å². The fourth-order valence-electron chi connectivity index (χ4n) is 2.88. The quantitative estimate of drug-likeness (QED) is 0.513. The van der Waals surface area contributed by atoms with Gasteiger partial charge in [-0.1, -0.05) is 23.9 Å². The molecule has 1 aliphatic heterocycles. The number of carbonyl (C=O) groups is 1. The number of thioether (sulfide) groups is 1. The molecule has 1 aromatic heterocycles. The summed E-state index contributed by atoms with van der Waals surface area (Å²) in [4.78, 5) is 12.0. The summed E-state index contributed by atoms with van der Waals surface area (Å²) in [5, 5.41) is 12.3. The van der Waals surface area contributed by atoms with E-state index in [1.54, 1.807) is 24.9 Å². The Balaban J connectivity index is 1.41. The van der Waals surface area contributed by atoms with E-state index < -0.39 is 0 Å². The minimum Gasteiger partial charge on any atom is -0.497 e. The molecular formula is C20H26N4O3S. The summed E-state index contributed by atoms with van der Waals surface area (Å²) < 4.78 is 12.7. The molecule has 2 heterocycles. The molecule has 1 aromatic carbocycles. The maximum absolute atomic E-state index is 12.0. The molecule has 1 atom stereocenters. The van der Waals surface area contributed by atoms with Crippen LogP contribution in [-0.4, -0.2) is 52.8 Å². The van der Waals surface area contributed by atoms with E-state index in [1.807, 2.05) is 35.9 Å². The molecule has 3 rings (SSSR count). The molecule has 28 heavy (non-hydrogen) atoms. The number of amides is 1. The summed E-state index contributed by atoms with van der Waals surface area (Å²) >= 11 is 1.67. The van der Waals surface area contributed by atoms with Gasteiger partial charge in [0, 0.05) is 38.4 Å². The summed E-state index contributed by atoms with van der Waals surface area (Å²) in [5.41, 5.74) is 0.942. The SMILES string of the molecule is COc1ccc(C=CC(=O)NCCc2nnc(SCC3CCCO3)n2C)cc1. The van der Waals surface area contributed by atoms with E-state index in [4.69, 9.17) is 9.47 Å². The zero-order valence-corrected chi connectivity index (χ0v) is 17.1. The molecule has 0 spiro atoms. The molecule has 150 valence electrons. The lowest BCUT2D eigenvalue weighted by Gasteiger charge is -2.08. The second-order valence-corrected chi connectivity index (χ2v) is 7.54. The van der Waals surface area contributed by atoms with Gasteiger partial charge in [0.15, 0.2) is 5.16 Å². The van der Waals surface area contributed by atoms with Gasteiger partial charge in [-0.3, -0.25) is 4.79 Å². The van der Waals surface area contributed by atoms with E-state index in [-0.39, 0.29) is 5.91 Å². The van der Waals surface area contributed by atoms with Crippen LogP contribution in [0.2, 0.25) is 0 Å². The van der Waals surface area contributed by atoms with Crippen molar-refractivity contribution in [2.24, 2.45) is 7.05 Å². The van der Waals surface area contributed by atoms with Crippen molar-refractivity contribution in [3.05, 3.63) is 41.7 Å². The molecule has 1 saturated heterocycles. The maximum atomic E-state index is 12.0. The van der Waals surface area contributed by atoms with Gasteiger partial charge in [-0.15, -0.1) is 10.2 Å².